The van der Waals surface area contributed by atoms with Crippen molar-refractivity contribution in [3.8, 4) is 0 Å². The first kappa shape index (κ1) is 12.8. The van der Waals surface area contributed by atoms with Gasteiger partial charge in [0.2, 0.25) is 0 Å². The maximum Gasteiger partial charge on any atom is 0.119 e. The molecule has 3 heterocycles. The third-order valence-corrected chi connectivity index (χ3v) is 3.73. The molecule has 0 bridgehead atoms. The van der Waals surface area contributed by atoms with Gasteiger partial charge in [-0.2, -0.15) is 0 Å². The fourth-order valence-corrected chi connectivity index (χ4v) is 2.50. The molecule has 0 aliphatic carbocycles. The van der Waals surface area contributed by atoms with Crippen molar-refractivity contribution in [1.82, 2.24) is 15.4 Å². The summed E-state index contributed by atoms with van der Waals surface area (Å²) in [7, 11) is 0. The van der Waals surface area contributed by atoms with Gasteiger partial charge < -0.3 is 0 Å². The topological polar surface area (TPSA) is 37.4 Å². The summed E-state index contributed by atoms with van der Waals surface area (Å²) in [5.74, 6) is 0. The SMILES string of the molecule is Brc1ccc(C2=C[C@@H](CN3CC=CCC3)ON2)nc1. The number of nitrogens with zero attached hydrogens (tertiary/aromatic N) is 2. The first-order valence-electron chi connectivity index (χ1n) is 6.44. The lowest BCUT2D eigenvalue weighted by atomic mass is 10.2. The predicted molar refractivity (Wildman–Crippen MR) is 78.1 cm³/mol. The molecule has 0 amide bonds. The van der Waals surface area contributed by atoms with E-state index in [0.29, 0.717) is 0 Å². The van der Waals surface area contributed by atoms with Gasteiger partial charge in [0, 0.05) is 30.3 Å². The van der Waals surface area contributed by atoms with Gasteiger partial charge in [-0.25, -0.2) is 0 Å². The number of rotatable bonds is 3. The van der Waals surface area contributed by atoms with Gasteiger partial charge in [-0.1, -0.05) is 12.2 Å². The van der Waals surface area contributed by atoms with Crippen LogP contribution in [0.3, 0.4) is 0 Å². The molecule has 1 N–H and O–H groups in total. The number of hydrogen-bond acceptors (Lipinski definition) is 4. The van der Waals surface area contributed by atoms with Gasteiger partial charge in [0.15, 0.2) is 0 Å². The van der Waals surface area contributed by atoms with E-state index >= 15 is 0 Å². The highest BCUT2D eigenvalue weighted by atomic mass is 79.9. The molecule has 1 aromatic rings. The molecule has 0 saturated heterocycles. The highest BCUT2D eigenvalue weighted by Gasteiger charge is 2.21. The Hall–Kier alpha value is -1.17. The van der Waals surface area contributed by atoms with E-state index in [0.717, 1.165) is 41.9 Å². The first-order chi connectivity index (χ1) is 9.31. The summed E-state index contributed by atoms with van der Waals surface area (Å²) in [4.78, 5) is 12.3. The maximum absolute atomic E-state index is 5.59. The minimum absolute atomic E-state index is 0.0898. The Labute approximate surface area is 121 Å². The summed E-state index contributed by atoms with van der Waals surface area (Å²) in [6.07, 6.45) is 9.57. The zero-order chi connectivity index (χ0) is 13.1. The normalized spacial score (nSPS) is 23.2. The summed E-state index contributed by atoms with van der Waals surface area (Å²) in [6.45, 7) is 3.03. The average Bonchev–Trinajstić information content (AvgIpc) is 2.89. The van der Waals surface area contributed by atoms with E-state index in [-0.39, 0.29) is 6.10 Å². The minimum atomic E-state index is 0.0898. The number of hydrogen-bond donors (Lipinski definition) is 1. The lowest BCUT2D eigenvalue weighted by molar-refractivity contribution is 0.0300. The molecule has 2 aliphatic rings. The van der Waals surface area contributed by atoms with Crippen LogP contribution in [0, 0.1) is 0 Å². The second kappa shape index (κ2) is 5.86. The van der Waals surface area contributed by atoms with Crippen molar-refractivity contribution in [2.45, 2.75) is 12.5 Å². The van der Waals surface area contributed by atoms with E-state index in [9.17, 15) is 0 Å². The standard InChI is InChI=1S/C14H16BrN3O/c15-11-4-5-13(16-9-11)14-8-12(19-17-14)10-18-6-2-1-3-7-18/h1-2,4-5,8-9,12,17H,3,6-7,10H2/t12-/m0/s1. The molecule has 0 saturated carbocycles. The van der Waals surface area contributed by atoms with Crippen molar-refractivity contribution in [1.29, 1.82) is 0 Å². The van der Waals surface area contributed by atoms with Crippen molar-refractivity contribution in [2.75, 3.05) is 19.6 Å². The van der Waals surface area contributed by atoms with E-state index < -0.39 is 0 Å². The maximum atomic E-state index is 5.59. The van der Waals surface area contributed by atoms with Crippen LogP contribution < -0.4 is 5.48 Å². The van der Waals surface area contributed by atoms with Crippen LogP contribution in [-0.2, 0) is 4.84 Å². The van der Waals surface area contributed by atoms with Crippen LogP contribution in [0.2, 0.25) is 0 Å². The lowest BCUT2D eigenvalue weighted by Gasteiger charge is -2.24. The van der Waals surface area contributed by atoms with Crippen LogP contribution >= 0.6 is 15.9 Å². The number of aromatic nitrogens is 1. The molecule has 0 spiro atoms. The molecule has 0 fully saturated rings. The second-order valence-corrected chi connectivity index (χ2v) is 5.64. The van der Waals surface area contributed by atoms with Crippen molar-refractivity contribution in [2.24, 2.45) is 0 Å². The van der Waals surface area contributed by atoms with Crippen LogP contribution in [0.5, 0.6) is 0 Å². The number of pyridine rings is 1. The van der Waals surface area contributed by atoms with Crippen molar-refractivity contribution in [3.63, 3.8) is 0 Å². The van der Waals surface area contributed by atoms with Crippen LogP contribution in [0.25, 0.3) is 5.70 Å². The molecule has 0 unspecified atom stereocenters. The van der Waals surface area contributed by atoms with E-state index in [1.807, 2.05) is 12.1 Å². The quantitative estimate of drug-likeness (QED) is 0.867. The fraction of sp³-hybridized carbons (Fsp3) is 0.357. The lowest BCUT2D eigenvalue weighted by Crippen LogP contribution is -2.35. The van der Waals surface area contributed by atoms with Gasteiger partial charge in [0.05, 0.1) is 11.4 Å². The van der Waals surface area contributed by atoms with Crippen LogP contribution in [0.15, 0.2) is 41.0 Å². The highest BCUT2D eigenvalue weighted by molar-refractivity contribution is 9.10. The third-order valence-electron chi connectivity index (χ3n) is 3.26. The molecule has 0 radical (unpaired) electrons. The van der Waals surface area contributed by atoms with Crippen molar-refractivity contribution >= 4 is 21.6 Å². The molecule has 0 aromatic carbocycles. The van der Waals surface area contributed by atoms with Crippen LogP contribution in [0.4, 0.5) is 0 Å². The van der Waals surface area contributed by atoms with Gasteiger partial charge in [0.25, 0.3) is 0 Å². The Balaban J connectivity index is 1.64. The molecular weight excluding hydrogens is 306 g/mol. The summed E-state index contributed by atoms with van der Waals surface area (Å²) in [5, 5.41) is 0. The predicted octanol–water partition coefficient (Wildman–Crippen LogP) is 2.35. The number of nitrogens with one attached hydrogen (secondary N) is 1. The summed E-state index contributed by atoms with van der Waals surface area (Å²) >= 11 is 3.38. The third kappa shape index (κ3) is 3.23. The van der Waals surface area contributed by atoms with Crippen LogP contribution in [-0.4, -0.2) is 35.6 Å². The average molecular weight is 322 g/mol. The Morgan fingerprint density at radius 1 is 1.42 bits per heavy atom. The van der Waals surface area contributed by atoms with E-state index in [4.69, 9.17) is 4.84 Å². The fourth-order valence-electron chi connectivity index (χ4n) is 2.27. The van der Waals surface area contributed by atoms with Gasteiger partial charge >= 0.3 is 0 Å². The minimum Gasteiger partial charge on any atom is -0.296 e. The molecule has 2 aliphatic heterocycles. The monoisotopic (exact) mass is 321 g/mol. The zero-order valence-corrected chi connectivity index (χ0v) is 12.1. The molecule has 4 nitrogen and oxygen atoms in total. The molecule has 100 valence electrons. The highest BCUT2D eigenvalue weighted by Crippen LogP contribution is 2.19. The second-order valence-electron chi connectivity index (χ2n) is 4.72. The summed E-state index contributed by atoms with van der Waals surface area (Å²) < 4.78 is 0.979. The molecule has 19 heavy (non-hydrogen) atoms. The summed E-state index contributed by atoms with van der Waals surface area (Å²) in [6, 6.07) is 3.95. The van der Waals surface area contributed by atoms with Crippen molar-refractivity contribution in [3.05, 3.63) is 46.7 Å². The summed E-state index contributed by atoms with van der Waals surface area (Å²) in [5.41, 5.74) is 4.83. The Morgan fingerprint density at radius 3 is 3.11 bits per heavy atom. The molecule has 5 heteroatoms. The van der Waals surface area contributed by atoms with Gasteiger partial charge in [-0.05, 0) is 40.6 Å². The zero-order valence-electron chi connectivity index (χ0n) is 10.6. The van der Waals surface area contributed by atoms with Gasteiger partial charge in [-0.15, -0.1) is 0 Å². The smallest absolute Gasteiger partial charge is 0.119 e. The van der Waals surface area contributed by atoms with E-state index in [1.54, 1.807) is 6.20 Å². The van der Waals surface area contributed by atoms with Crippen LogP contribution in [0.1, 0.15) is 12.1 Å². The van der Waals surface area contributed by atoms with E-state index in [2.05, 4.69) is 49.5 Å². The molecular formula is C14H16BrN3O. The number of hydroxylamine groups is 1. The van der Waals surface area contributed by atoms with Gasteiger partial charge in [0.1, 0.15) is 6.10 Å². The Kier molecular flexibility index (Phi) is 3.96. The van der Waals surface area contributed by atoms with Crippen molar-refractivity contribution < 1.29 is 4.84 Å². The Bertz CT molecular complexity index is 498. The molecule has 1 atom stereocenters. The van der Waals surface area contributed by atoms with E-state index in [1.165, 1.54) is 0 Å². The first-order valence-corrected chi connectivity index (χ1v) is 7.23. The molecule has 1 aromatic heterocycles. The van der Waals surface area contributed by atoms with Gasteiger partial charge in [-0.3, -0.25) is 20.2 Å². The largest absolute Gasteiger partial charge is 0.296 e. The Morgan fingerprint density at radius 2 is 2.37 bits per heavy atom. The molecule has 3 rings (SSSR count). The number of halogens is 1.